The smallest absolute Gasteiger partial charge is 0.168 e. The van der Waals surface area contributed by atoms with Crippen molar-refractivity contribution in [3.8, 4) is 34.1 Å². The molecule has 0 amide bonds. The molecule has 27 heavy (non-hydrogen) atoms. The zero-order chi connectivity index (χ0) is 19.3. The number of ether oxygens (including phenoxy) is 2. The van der Waals surface area contributed by atoms with Gasteiger partial charge in [0.1, 0.15) is 0 Å². The van der Waals surface area contributed by atoms with E-state index >= 15 is 0 Å². The number of aliphatic hydroxyl groups excluding tert-OH is 1. The van der Waals surface area contributed by atoms with Crippen molar-refractivity contribution in [3.05, 3.63) is 34.9 Å². The lowest BCUT2D eigenvalue weighted by atomic mass is 9.76. The zero-order valence-corrected chi connectivity index (χ0v) is 15.8. The normalized spacial score (nSPS) is 19.2. The van der Waals surface area contributed by atoms with E-state index in [1.54, 1.807) is 19.1 Å². The molecule has 1 aliphatic carbocycles. The van der Waals surface area contributed by atoms with Crippen molar-refractivity contribution in [2.75, 3.05) is 27.3 Å². The summed E-state index contributed by atoms with van der Waals surface area (Å²) in [6.07, 6.45) is 1.05. The topological polar surface area (TPSA) is 82.4 Å². The number of rotatable bonds is 4. The minimum Gasteiger partial charge on any atom is -0.504 e. The van der Waals surface area contributed by atoms with Crippen LogP contribution < -0.4 is 9.47 Å². The van der Waals surface area contributed by atoms with Crippen molar-refractivity contribution in [2.45, 2.75) is 31.9 Å². The standard InChI is InChI=1S/C21H25NO5/c1-11(23)10-22-7-6-13-9-15(24)21(27-3)19-17(13)14(22)8-12-4-5-16(26-2)20(25)18(12)19/h4-5,9,11,14,23-25H,6-8,10H2,1-3H3. The molecule has 2 aromatic rings. The van der Waals surface area contributed by atoms with Crippen molar-refractivity contribution in [3.63, 3.8) is 0 Å². The lowest BCUT2D eigenvalue weighted by Crippen LogP contribution is -2.41. The van der Waals surface area contributed by atoms with Gasteiger partial charge in [-0.2, -0.15) is 0 Å². The lowest BCUT2D eigenvalue weighted by molar-refractivity contribution is 0.0912. The Balaban J connectivity index is 2.01. The minimum absolute atomic E-state index is 0.0622. The average Bonchev–Trinajstić information content (AvgIpc) is 2.63. The second kappa shape index (κ2) is 6.62. The molecule has 144 valence electrons. The maximum absolute atomic E-state index is 10.9. The first-order valence-electron chi connectivity index (χ1n) is 9.20. The van der Waals surface area contributed by atoms with Gasteiger partial charge in [0.15, 0.2) is 23.0 Å². The number of nitrogens with zero attached hydrogens (tertiary/aromatic N) is 1. The Morgan fingerprint density at radius 2 is 1.93 bits per heavy atom. The van der Waals surface area contributed by atoms with Crippen LogP contribution in [0.15, 0.2) is 18.2 Å². The fourth-order valence-electron chi connectivity index (χ4n) is 4.59. The molecule has 6 nitrogen and oxygen atoms in total. The van der Waals surface area contributed by atoms with Crippen molar-refractivity contribution in [1.82, 2.24) is 4.90 Å². The minimum atomic E-state index is -0.431. The van der Waals surface area contributed by atoms with Gasteiger partial charge in [-0.1, -0.05) is 6.07 Å². The van der Waals surface area contributed by atoms with E-state index < -0.39 is 6.10 Å². The molecule has 1 heterocycles. The van der Waals surface area contributed by atoms with Crippen LogP contribution in [0.25, 0.3) is 11.1 Å². The third-order valence-corrected chi connectivity index (χ3v) is 5.64. The SMILES string of the molecule is COc1ccc2c(c1O)-c1c(OC)c(O)cc3c1C(C2)N(CC(C)O)CC3. The van der Waals surface area contributed by atoms with Crippen LogP contribution in [0.4, 0.5) is 0 Å². The van der Waals surface area contributed by atoms with Gasteiger partial charge in [-0.05, 0) is 48.6 Å². The third-order valence-electron chi connectivity index (χ3n) is 5.64. The number of hydrogen-bond donors (Lipinski definition) is 3. The molecule has 2 aliphatic rings. The number of methoxy groups -OCH3 is 2. The van der Waals surface area contributed by atoms with Gasteiger partial charge in [0.2, 0.25) is 0 Å². The van der Waals surface area contributed by atoms with Crippen LogP contribution in [-0.2, 0) is 12.8 Å². The van der Waals surface area contributed by atoms with Crippen LogP contribution in [0.3, 0.4) is 0 Å². The number of hydrogen-bond acceptors (Lipinski definition) is 6. The van der Waals surface area contributed by atoms with Gasteiger partial charge in [-0.15, -0.1) is 0 Å². The number of fused-ring (bicyclic) bond motifs is 2. The third kappa shape index (κ3) is 2.71. The molecule has 0 fully saturated rings. The van der Waals surface area contributed by atoms with Gasteiger partial charge in [0.25, 0.3) is 0 Å². The van der Waals surface area contributed by atoms with Crippen molar-refractivity contribution in [1.29, 1.82) is 0 Å². The molecule has 6 heteroatoms. The van der Waals surface area contributed by atoms with Crippen LogP contribution in [0.1, 0.15) is 29.7 Å². The summed E-state index contributed by atoms with van der Waals surface area (Å²) in [5.41, 5.74) is 4.48. The molecule has 2 aromatic carbocycles. The summed E-state index contributed by atoms with van der Waals surface area (Å²) in [6, 6.07) is 5.55. The molecule has 0 aromatic heterocycles. The second-order valence-electron chi connectivity index (χ2n) is 7.34. The van der Waals surface area contributed by atoms with E-state index in [4.69, 9.17) is 9.47 Å². The average molecular weight is 371 g/mol. The van der Waals surface area contributed by atoms with Crippen LogP contribution in [-0.4, -0.2) is 53.6 Å². The van der Waals surface area contributed by atoms with E-state index in [0.717, 1.165) is 35.2 Å². The monoisotopic (exact) mass is 371 g/mol. The summed E-state index contributed by atoms with van der Waals surface area (Å²) in [5.74, 6) is 0.890. The highest BCUT2D eigenvalue weighted by Crippen LogP contribution is 2.56. The molecule has 4 rings (SSSR count). The van der Waals surface area contributed by atoms with Crippen molar-refractivity contribution in [2.24, 2.45) is 0 Å². The molecule has 0 bridgehead atoms. The maximum Gasteiger partial charge on any atom is 0.168 e. The number of phenols is 2. The summed E-state index contributed by atoms with van der Waals surface area (Å²) in [7, 11) is 3.04. The number of aromatic hydroxyl groups is 2. The Morgan fingerprint density at radius 3 is 2.59 bits per heavy atom. The number of benzene rings is 2. The van der Waals surface area contributed by atoms with Crippen LogP contribution >= 0.6 is 0 Å². The maximum atomic E-state index is 10.9. The van der Waals surface area contributed by atoms with E-state index in [-0.39, 0.29) is 17.5 Å². The van der Waals surface area contributed by atoms with E-state index in [1.165, 1.54) is 14.2 Å². The van der Waals surface area contributed by atoms with E-state index in [9.17, 15) is 15.3 Å². The van der Waals surface area contributed by atoms with E-state index in [0.29, 0.717) is 30.0 Å². The summed E-state index contributed by atoms with van der Waals surface area (Å²) in [5, 5.41) is 31.4. The van der Waals surface area contributed by atoms with Gasteiger partial charge in [-0.25, -0.2) is 0 Å². The largest absolute Gasteiger partial charge is 0.504 e. The Labute approximate surface area is 158 Å². The molecule has 0 spiro atoms. The van der Waals surface area contributed by atoms with E-state index in [1.807, 2.05) is 6.07 Å². The van der Waals surface area contributed by atoms with Gasteiger partial charge in [0, 0.05) is 30.3 Å². The highest BCUT2D eigenvalue weighted by atomic mass is 16.5. The lowest BCUT2D eigenvalue weighted by Gasteiger charge is -2.42. The predicted octanol–water partition coefficient (Wildman–Crippen LogP) is 2.62. The first kappa shape index (κ1) is 17.9. The Bertz CT molecular complexity index is 893. The Hall–Kier alpha value is -2.44. The molecule has 2 atom stereocenters. The molecule has 0 radical (unpaired) electrons. The van der Waals surface area contributed by atoms with Gasteiger partial charge < -0.3 is 24.8 Å². The predicted molar refractivity (Wildman–Crippen MR) is 102 cm³/mol. The number of β-amino-alcohol motifs (C(OH)–C–C–N with tert-alkyl or cyclic N) is 1. The Morgan fingerprint density at radius 1 is 1.15 bits per heavy atom. The quantitative estimate of drug-likeness (QED) is 0.766. The summed E-state index contributed by atoms with van der Waals surface area (Å²) < 4.78 is 10.9. The summed E-state index contributed by atoms with van der Waals surface area (Å²) in [4.78, 5) is 2.28. The first-order valence-corrected chi connectivity index (χ1v) is 9.20. The highest BCUT2D eigenvalue weighted by molar-refractivity contribution is 5.88. The highest BCUT2D eigenvalue weighted by Gasteiger charge is 2.39. The van der Waals surface area contributed by atoms with Crippen molar-refractivity contribution < 1.29 is 24.8 Å². The fourth-order valence-corrected chi connectivity index (χ4v) is 4.59. The zero-order valence-electron chi connectivity index (χ0n) is 15.8. The van der Waals surface area contributed by atoms with Gasteiger partial charge in [-0.3, -0.25) is 4.90 Å². The molecular formula is C21H25NO5. The molecule has 0 saturated heterocycles. The summed E-state index contributed by atoms with van der Waals surface area (Å²) in [6.45, 7) is 3.18. The molecule has 0 saturated carbocycles. The molecule has 3 N–H and O–H groups in total. The molecular weight excluding hydrogens is 346 g/mol. The number of phenolic OH excluding ortho intramolecular Hbond substituents is 2. The van der Waals surface area contributed by atoms with Gasteiger partial charge in [0.05, 0.1) is 20.3 Å². The first-order chi connectivity index (χ1) is 13.0. The van der Waals surface area contributed by atoms with Crippen molar-refractivity contribution >= 4 is 0 Å². The van der Waals surface area contributed by atoms with Crippen LogP contribution in [0, 0.1) is 0 Å². The fraction of sp³-hybridized carbons (Fsp3) is 0.429. The van der Waals surface area contributed by atoms with Gasteiger partial charge >= 0.3 is 0 Å². The number of aliphatic hydroxyl groups is 1. The van der Waals surface area contributed by atoms with Crippen LogP contribution in [0.2, 0.25) is 0 Å². The van der Waals surface area contributed by atoms with E-state index in [2.05, 4.69) is 4.90 Å². The van der Waals surface area contributed by atoms with Crippen LogP contribution in [0.5, 0.6) is 23.0 Å². The Kier molecular flexibility index (Phi) is 4.40. The summed E-state index contributed by atoms with van der Waals surface area (Å²) >= 11 is 0. The second-order valence-corrected chi connectivity index (χ2v) is 7.34. The molecule has 2 unspecified atom stereocenters. The molecule has 1 aliphatic heterocycles.